The number of para-hydroxylation sites is 1. The summed E-state index contributed by atoms with van der Waals surface area (Å²) in [5, 5.41) is 0.661. The van der Waals surface area contributed by atoms with E-state index in [0.29, 0.717) is 27.9 Å². The lowest BCUT2D eigenvalue weighted by Crippen LogP contribution is -2.42. The van der Waals surface area contributed by atoms with Crippen molar-refractivity contribution < 1.29 is 4.79 Å². The minimum absolute atomic E-state index is 0.0728. The number of hydrogen-bond donors (Lipinski definition) is 0. The number of pyridine rings is 1. The number of benzene rings is 1. The molecule has 1 aliphatic rings. The molecule has 1 atom stereocenters. The van der Waals surface area contributed by atoms with Gasteiger partial charge in [0.2, 0.25) is 5.91 Å². The number of carbonyl (C=O) groups is 1. The van der Waals surface area contributed by atoms with Crippen molar-refractivity contribution in [3.8, 4) is 5.82 Å². The maximum atomic E-state index is 13.4. The quantitative estimate of drug-likeness (QED) is 0.439. The Labute approximate surface area is 186 Å². The average Bonchev–Trinajstić information content (AvgIpc) is 2.80. The second kappa shape index (κ2) is 9.22. The van der Waals surface area contributed by atoms with Crippen LogP contribution >= 0.6 is 11.8 Å². The van der Waals surface area contributed by atoms with E-state index in [0.717, 1.165) is 18.4 Å². The first-order chi connectivity index (χ1) is 15.0. The summed E-state index contributed by atoms with van der Waals surface area (Å²) in [7, 11) is 1.90. The van der Waals surface area contributed by atoms with Crippen molar-refractivity contribution in [1.29, 1.82) is 0 Å². The molecule has 0 bridgehead atoms. The highest BCUT2D eigenvalue weighted by Gasteiger charge is 2.28. The molecule has 1 amide bonds. The van der Waals surface area contributed by atoms with E-state index in [1.807, 2.05) is 56.1 Å². The summed E-state index contributed by atoms with van der Waals surface area (Å²) in [5.74, 6) is 0.622. The van der Waals surface area contributed by atoms with Crippen molar-refractivity contribution in [2.24, 2.45) is 0 Å². The third-order valence-electron chi connectivity index (χ3n) is 6.04. The number of aromatic nitrogens is 3. The van der Waals surface area contributed by atoms with Gasteiger partial charge in [0, 0.05) is 19.3 Å². The van der Waals surface area contributed by atoms with Crippen molar-refractivity contribution in [2.45, 2.75) is 62.4 Å². The molecule has 7 heteroatoms. The molecule has 162 valence electrons. The first-order valence-corrected chi connectivity index (χ1v) is 11.7. The molecule has 6 nitrogen and oxygen atoms in total. The third kappa shape index (κ3) is 4.37. The molecule has 2 aromatic heterocycles. The van der Waals surface area contributed by atoms with Gasteiger partial charge in [-0.15, -0.1) is 0 Å². The molecule has 2 heterocycles. The van der Waals surface area contributed by atoms with E-state index in [1.165, 1.54) is 31.0 Å². The maximum Gasteiger partial charge on any atom is 0.267 e. The van der Waals surface area contributed by atoms with Gasteiger partial charge in [0.15, 0.2) is 5.16 Å². The van der Waals surface area contributed by atoms with Crippen LogP contribution in [0.4, 0.5) is 0 Å². The van der Waals surface area contributed by atoms with Gasteiger partial charge in [0.1, 0.15) is 5.82 Å². The van der Waals surface area contributed by atoms with Gasteiger partial charge in [0.25, 0.3) is 5.56 Å². The topological polar surface area (TPSA) is 68.1 Å². The number of nitrogens with zero attached hydrogens (tertiary/aromatic N) is 4. The highest BCUT2D eigenvalue weighted by Crippen LogP contribution is 2.28. The van der Waals surface area contributed by atoms with Gasteiger partial charge in [0.05, 0.1) is 16.2 Å². The van der Waals surface area contributed by atoms with E-state index >= 15 is 0 Å². The Morgan fingerprint density at radius 2 is 1.90 bits per heavy atom. The number of aryl methyl sites for hydroxylation is 1. The summed E-state index contributed by atoms with van der Waals surface area (Å²) in [4.78, 5) is 37.7. The summed E-state index contributed by atoms with van der Waals surface area (Å²) >= 11 is 1.32. The van der Waals surface area contributed by atoms with Crippen molar-refractivity contribution in [3.05, 3.63) is 58.5 Å². The van der Waals surface area contributed by atoms with Crippen LogP contribution in [0.2, 0.25) is 0 Å². The second-order valence-electron chi connectivity index (χ2n) is 8.20. The lowest BCUT2D eigenvalue weighted by molar-refractivity contribution is -0.131. The SMILES string of the molecule is Cc1cccnc1-n1c(SC(C)C(=O)N(C)C2CCCCC2)nc2ccccc2c1=O. The molecule has 1 aromatic carbocycles. The van der Waals surface area contributed by atoms with Crippen LogP contribution in [-0.4, -0.2) is 43.7 Å². The highest BCUT2D eigenvalue weighted by molar-refractivity contribution is 8.00. The number of thioether (sulfide) groups is 1. The molecule has 4 rings (SSSR count). The van der Waals surface area contributed by atoms with Crippen LogP contribution in [0.1, 0.15) is 44.6 Å². The van der Waals surface area contributed by atoms with Crippen molar-refractivity contribution >= 4 is 28.6 Å². The van der Waals surface area contributed by atoms with E-state index in [2.05, 4.69) is 4.98 Å². The summed E-state index contributed by atoms with van der Waals surface area (Å²) in [5.41, 5.74) is 1.33. The Balaban J connectivity index is 1.72. The molecular formula is C24H28N4O2S. The van der Waals surface area contributed by atoms with Gasteiger partial charge < -0.3 is 4.90 Å². The summed E-state index contributed by atoms with van der Waals surface area (Å²) in [6.07, 6.45) is 7.39. The summed E-state index contributed by atoms with van der Waals surface area (Å²) in [6, 6.07) is 11.4. The Morgan fingerprint density at radius 1 is 1.16 bits per heavy atom. The number of fused-ring (bicyclic) bond motifs is 1. The molecule has 0 radical (unpaired) electrons. The fourth-order valence-corrected chi connectivity index (χ4v) is 5.24. The minimum atomic E-state index is -0.366. The van der Waals surface area contributed by atoms with Crippen molar-refractivity contribution in [3.63, 3.8) is 0 Å². The summed E-state index contributed by atoms with van der Waals surface area (Å²) < 4.78 is 1.55. The Morgan fingerprint density at radius 3 is 2.65 bits per heavy atom. The smallest absolute Gasteiger partial charge is 0.267 e. The van der Waals surface area contributed by atoms with E-state index < -0.39 is 0 Å². The number of hydrogen-bond acceptors (Lipinski definition) is 5. The van der Waals surface area contributed by atoms with Crippen molar-refractivity contribution in [2.75, 3.05) is 7.05 Å². The number of rotatable bonds is 5. The summed E-state index contributed by atoms with van der Waals surface area (Å²) in [6.45, 7) is 3.81. The largest absolute Gasteiger partial charge is 0.342 e. The van der Waals surface area contributed by atoms with Crippen LogP contribution < -0.4 is 5.56 Å². The second-order valence-corrected chi connectivity index (χ2v) is 9.51. The molecule has 1 unspecified atom stereocenters. The monoisotopic (exact) mass is 436 g/mol. The molecule has 3 aromatic rings. The average molecular weight is 437 g/mol. The minimum Gasteiger partial charge on any atom is -0.342 e. The van der Waals surface area contributed by atoms with Crippen LogP contribution in [-0.2, 0) is 4.79 Å². The van der Waals surface area contributed by atoms with Crippen LogP contribution in [0.25, 0.3) is 16.7 Å². The zero-order valence-corrected chi connectivity index (χ0v) is 19.1. The van der Waals surface area contributed by atoms with E-state index in [-0.39, 0.29) is 16.7 Å². The maximum absolute atomic E-state index is 13.4. The molecule has 1 saturated carbocycles. The van der Waals surface area contributed by atoms with E-state index in [1.54, 1.807) is 16.8 Å². The Hall–Kier alpha value is -2.67. The van der Waals surface area contributed by atoms with Crippen molar-refractivity contribution in [1.82, 2.24) is 19.4 Å². The Kier molecular flexibility index (Phi) is 6.41. The molecule has 0 spiro atoms. The highest BCUT2D eigenvalue weighted by atomic mass is 32.2. The van der Waals surface area contributed by atoms with Gasteiger partial charge in [-0.05, 0) is 50.5 Å². The predicted octanol–water partition coefficient (Wildman–Crippen LogP) is 4.36. The predicted molar refractivity (Wildman–Crippen MR) is 125 cm³/mol. The lowest BCUT2D eigenvalue weighted by Gasteiger charge is -2.32. The van der Waals surface area contributed by atoms with Crippen LogP contribution in [0, 0.1) is 6.92 Å². The zero-order chi connectivity index (χ0) is 22.0. The van der Waals surface area contributed by atoms with Crippen LogP contribution in [0.5, 0.6) is 0 Å². The van der Waals surface area contributed by atoms with Crippen LogP contribution in [0.3, 0.4) is 0 Å². The van der Waals surface area contributed by atoms with Gasteiger partial charge in [-0.25, -0.2) is 14.5 Å². The third-order valence-corrected chi connectivity index (χ3v) is 7.08. The lowest BCUT2D eigenvalue weighted by atomic mass is 9.94. The fourth-order valence-electron chi connectivity index (χ4n) is 4.23. The fraction of sp³-hybridized carbons (Fsp3) is 0.417. The van der Waals surface area contributed by atoms with Gasteiger partial charge in [-0.3, -0.25) is 9.59 Å². The normalized spacial score (nSPS) is 15.7. The first-order valence-electron chi connectivity index (χ1n) is 10.8. The van der Waals surface area contributed by atoms with Gasteiger partial charge >= 0.3 is 0 Å². The van der Waals surface area contributed by atoms with Gasteiger partial charge in [-0.1, -0.05) is 49.2 Å². The van der Waals surface area contributed by atoms with E-state index in [4.69, 9.17) is 4.98 Å². The first kappa shape index (κ1) is 21.6. The standard InChI is InChI=1S/C24H28N4O2S/c1-16-10-9-15-25-21(16)28-23(30)19-13-7-8-14-20(19)26-24(28)31-17(2)22(29)27(3)18-11-5-4-6-12-18/h7-10,13-15,17-18H,4-6,11-12H2,1-3H3. The molecule has 0 N–H and O–H groups in total. The van der Waals surface area contributed by atoms with Crippen LogP contribution in [0.15, 0.2) is 52.5 Å². The Bertz CT molecular complexity index is 1150. The molecule has 1 aliphatic carbocycles. The molecular weight excluding hydrogens is 408 g/mol. The molecule has 0 aliphatic heterocycles. The molecule has 31 heavy (non-hydrogen) atoms. The number of carbonyl (C=O) groups excluding carboxylic acids is 1. The van der Waals surface area contributed by atoms with E-state index in [9.17, 15) is 9.59 Å². The number of amides is 1. The molecule has 1 fully saturated rings. The zero-order valence-electron chi connectivity index (χ0n) is 18.2. The molecule has 0 saturated heterocycles. The van der Waals surface area contributed by atoms with Gasteiger partial charge in [-0.2, -0.15) is 0 Å².